The van der Waals surface area contributed by atoms with E-state index in [2.05, 4.69) is 86.7 Å². The Labute approximate surface area is 225 Å². The molecule has 0 saturated heterocycles. The van der Waals surface area contributed by atoms with Crippen LogP contribution in [-0.2, 0) is 0 Å². The minimum atomic E-state index is 0. The molecular formula is C24H28Br2Mg2. The molecule has 0 amide bonds. The van der Waals surface area contributed by atoms with Gasteiger partial charge < -0.3 is 34.0 Å². The van der Waals surface area contributed by atoms with Crippen LogP contribution in [-0.4, -0.2) is 46.1 Å². The zero-order chi connectivity index (χ0) is 17.0. The van der Waals surface area contributed by atoms with Gasteiger partial charge in [-0.05, 0) is 0 Å². The molecule has 142 valence electrons. The first-order valence-corrected chi connectivity index (χ1v) is 9.19. The topological polar surface area (TPSA) is 0 Å². The number of halogens is 2. The fourth-order valence-corrected chi connectivity index (χ4v) is 2.68. The first kappa shape index (κ1) is 33.1. The van der Waals surface area contributed by atoms with Gasteiger partial charge in [0.15, 0.2) is 0 Å². The van der Waals surface area contributed by atoms with Crippen LogP contribution in [0.15, 0.2) is 66.2 Å². The van der Waals surface area contributed by atoms with Crippen molar-refractivity contribution in [3.63, 3.8) is 0 Å². The standard InChI is InChI=1S/C24H28.2BrH.2Mg/c1-3-5-9-19-24(22-17-12-8-13-18-22)23(16-6-4-2)20-21-14-10-7-11-15-21;;;;/h7-8,10-15,17-18H,3-6,9,16H2,1-2H3;2*1H;;/q-2;;;2*+2/p-2. The van der Waals surface area contributed by atoms with E-state index in [4.69, 9.17) is 0 Å². The van der Waals surface area contributed by atoms with Crippen molar-refractivity contribution >= 4 is 51.7 Å². The van der Waals surface area contributed by atoms with E-state index >= 15 is 0 Å². The van der Waals surface area contributed by atoms with Crippen LogP contribution in [0.4, 0.5) is 0 Å². The Morgan fingerprint density at radius 2 is 1.29 bits per heavy atom. The Kier molecular flexibility index (Phi) is 24.4. The summed E-state index contributed by atoms with van der Waals surface area (Å²) in [6.07, 6.45) is 14.2. The van der Waals surface area contributed by atoms with Crippen molar-refractivity contribution in [3.8, 4) is 0 Å². The van der Waals surface area contributed by atoms with Gasteiger partial charge in [-0.25, -0.2) is 11.6 Å². The molecule has 0 N–H and O–H groups in total. The predicted octanol–water partition coefficient (Wildman–Crippen LogP) is 0.278. The SMILES string of the molecule is CCCC[C-]=C(C(=[C-]c1ccccc1)CCCC)c1ccccc1.[Br-].[Br-].[Mg+2].[Mg+2]. The van der Waals surface area contributed by atoms with Crippen LogP contribution >= 0.6 is 0 Å². The van der Waals surface area contributed by atoms with Crippen molar-refractivity contribution in [2.45, 2.75) is 52.4 Å². The summed E-state index contributed by atoms with van der Waals surface area (Å²) >= 11 is 0. The molecule has 0 heterocycles. The smallest absolute Gasteiger partial charge is 1.00 e. The van der Waals surface area contributed by atoms with E-state index in [1.165, 1.54) is 42.4 Å². The largest absolute Gasteiger partial charge is 2.00 e. The molecule has 0 bridgehead atoms. The number of hydrogen-bond donors (Lipinski definition) is 0. The van der Waals surface area contributed by atoms with E-state index in [-0.39, 0.29) is 80.1 Å². The second-order valence-electron chi connectivity index (χ2n) is 6.09. The molecule has 0 spiro atoms. The summed E-state index contributed by atoms with van der Waals surface area (Å²) in [5.41, 5.74) is 4.92. The molecule has 28 heavy (non-hydrogen) atoms. The molecule has 0 aliphatic carbocycles. The third-order valence-corrected chi connectivity index (χ3v) is 4.05. The van der Waals surface area contributed by atoms with Crippen LogP contribution in [0, 0.1) is 12.2 Å². The van der Waals surface area contributed by atoms with E-state index in [0.717, 1.165) is 18.4 Å². The summed E-state index contributed by atoms with van der Waals surface area (Å²) in [4.78, 5) is 0. The van der Waals surface area contributed by atoms with Crippen molar-refractivity contribution in [1.82, 2.24) is 0 Å². The third kappa shape index (κ3) is 12.2. The Balaban J connectivity index is -0.00000156. The van der Waals surface area contributed by atoms with Crippen LogP contribution in [0.25, 0.3) is 5.57 Å². The van der Waals surface area contributed by atoms with Gasteiger partial charge in [0.1, 0.15) is 0 Å². The number of benzene rings is 2. The van der Waals surface area contributed by atoms with Gasteiger partial charge in [-0.3, -0.25) is 11.6 Å². The monoisotopic (exact) mass is 522 g/mol. The molecule has 0 nitrogen and oxygen atoms in total. The summed E-state index contributed by atoms with van der Waals surface area (Å²) in [6, 6.07) is 21.1. The van der Waals surface area contributed by atoms with Crippen LogP contribution in [0.1, 0.15) is 63.5 Å². The average Bonchev–Trinajstić information content (AvgIpc) is 2.64. The van der Waals surface area contributed by atoms with Gasteiger partial charge in [0.2, 0.25) is 0 Å². The molecule has 0 aliphatic heterocycles. The molecular weight excluding hydrogens is 497 g/mol. The maximum Gasteiger partial charge on any atom is 2.00 e. The van der Waals surface area contributed by atoms with E-state index in [9.17, 15) is 0 Å². The zero-order valence-electron chi connectivity index (χ0n) is 17.2. The van der Waals surface area contributed by atoms with Gasteiger partial charge in [0.05, 0.1) is 0 Å². The van der Waals surface area contributed by atoms with Gasteiger partial charge in [0, 0.05) is 0 Å². The molecule has 2 rings (SSSR count). The second-order valence-corrected chi connectivity index (χ2v) is 6.09. The summed E-state index contributed by atoms with van der Waals surface area (Å²) < 4.78 is 0. The third-order valence-electron chi connectivity index (χ3n) is 4.05. The van der Waals surface area contributed by atoms with Gasteiger partial charge in [-0.1, -0.05) is 76.6 Å². The zero-order valence-corrected chi connectivity index (χ0v) is 23.2. The first-order chi connectivity index (χ1) is 11.8. The number of allylic oxidation sites excluding steroid dienone is 3. The summed E-state index contributed by atoms with van der Waals surface area (Å²) in [5, 5.41) is 0. The van der Waals surface area contributed by atoms with Gasteiger partial charge in [0.25, 0.3) is 0 Å². The van der Waals surface area contributed by atoms with E-state index in [0.29, 0.717) is 0 Å². The maximum absolute atomic E-state index is 3.68. The van der Waals surface area contributed by atoms with Gasteiger partial charge >= 0.3 is 46.1 Å². The van der Waals surface area contributed by atoms with Gasteiger partial charge in [-0.2, -0.15) is 11.1 Å². The summed E-state index contributed by atoms with van der Waals surface area (Å²) in [6.45, 7) is 4.47. The fourth-order valence-electron chi connectivity index (χ4n) is 2.68. The first-order valence-electron chi connectivity index (χ1n) is 9.19. The van der Waals surface area contributed by atoms with Crippen LogP contribution in [0.2, 0.25) is 0 Å². The predicted molar refractivity (Wildman–Crippen MR) is 116 cm³/mol. The molecule has 0 aliphatic rings. The summed E-state index contributed by atoms with van der Waals surface area (Å²) in [5.74, 6) is 0. The summed E-state index contributed by atoms with van der Waals surface area (Å²) in [7, 11) is 0. The van der Waals surface area contributed by atoms with Gasteiger partial charge in [-0.15, -0.1) is 36.4 Å². The van der Waals surface area contributed by atoms with Crippen molar-refractivity contribution < 1.29 is 34.0 Å². The molecule has 0 radical (unpaired) electrons. The van der Waals surface area contributed by atoms with Crippen molar-refractivity contribution in [2.24, 2.45) is 0 Å². The van der Waals surface area contributed by atoms with Crippen molar-refractivity contribution in [3.05, 3.63) is 89.5 Å². The molecule has 0 fully saturated rings. The Morgan fingerprint density at radius 3 is 1.82 bits per heavy atom. The van der Waals surface area contributed by atoms with E-state index < -0.39 is 0 Å². The molecule has 2 aromatic rings. The molecule has 0 aromatic heterocycles. The average molecular weight is 525 g/mol. The minimum absolute atomic E-state index is 0. The van der Waals surface area contributed by atoms with E-state index in [1.807, 2.05) is 0 Å². The Bertz CT molecular complexity index is 653. The Morgan fingerprint density at radius 1 is 0.750 bits per heavy atom. The van der Waals surface area contributed by atoms with Crippen LogP contribution in [0.3, 0.4) is 0 Å². The minimum Gasteiger partial charge on any atom is -1.00 e. The number of rotatable bonds is 9. The second kappa shape index (κ2) is 20.7. The quantitative estimate of drug-likeness (QED) is 0.191. The molecule has 2 aromatic carbocycles. The van der Waals surface area contributed by atoms with Crippen molar-refractivity contribution in [2.75, 3.05) is 0 Å². The fraction of sp³-hybridized carbons (Fsp3) is 0.333. The number of hydrogen-bond acceptors (Lipinski definition) is 0. The molecule has 4 heteroatoms. The molecule has 0 atom stereocenters. The van der Waals surface area contributed by atoms with E-state index in [1.54, 1.807) is 0 Å². The van der Waals surface area contributed by atoms with Crippen LogP contribution < -0.4 is 34.0 Å². The molecule has 0 saturated carbocycles. The maximum atomic E-state index is 3.68. The Hall–Kier alpha value is 0.412. The normalized spacial score (nSPS) is 10.6. The number of unbranched alkanes of at least 4 members (excludes halogenated alkanes) is 3. The van der Waals surface area contributed by atoms with Crippen LogP contribution in [0.5, 0.6) is 0 Å². The van der Waals surface area contributed by atoms with Crippen molar-refractivity contribution in [1.29, 1.82) is 0 Å². The molecule has 0 unspecified atom stereocenters.